The Labute approximate surface area is 223 Å². The number of hydrogen-bond acceptors (Lipinski definition) is 4. The van der Waals surface area contributed by atoms with E-state index in [0.29, 0.717) is 31.6 Å². The molecule has 37 heavy (non-hydrogen) atoms. The lowest BCUT2D eigenvalue weighted by molar-refractivity contribution is -0.141. The van der Waals surface area contributed by atoms with E-state index in [1.165, 1.54) is 10.6 Å². The predicted molar refractivity (Wildman–Crippen MR) is 151 cm³/mol. The largest absolute Gasteiger partial charge is 0.354 e. The van der Waals surface area contributed by atoms with Crippen molar-refractivity contribution in [1.82, 2.24) is 10.2 Å². The number of carbonyl (C=O) groups is 2. The van der Waals surface area contributed by atoms with Crippen LogP contribution in [0.5, 0.6) is 0 Å². The van der Waals surface area contributed by atoms with Crippen molar-refractivity contribution in [2.45, 2.75) is 79.3 Å². The molecule has 204 valence electrons. The molecule has 1 N–H and O–H groups in total. The summed E-state index contributed by atoms with van der Waals surface area (Å²) < 4.78 is 26.6. The zero-order chi connectivity index (χ0) is 27.6. The van der Waals surface area contributed by atoms with Crippen LogP contribution in [-0.4, -0.2) is 50.5 Å². The highest BCUT2D eigenvalue weighted by atomic mass is 32.2. The fourth-order valence-corrected chi connectivity index (χ4v) is 5.40. The van der Waals surface area contributed by atoms with E-state index < -0.39 is 16.1 Å². The minimum Gasteiger partial charge on any atom is -0.354 e. The summed E-state index contributed by atoms with van der Waals surface area (Å²) in [6, 6.07) is 12.8. The van der Waals surface area contributed by atoms with Gasteiger partial charge in [-0.1, -0.05) is 56.7 Å². The van der Waals surface area contributed by atoms with Crippen molar-refractivity contribution in [3.63, 3.8) is 0 Å². The third-order valence-electron chi connectivity index (χ3n) is 6.81. The molecule has 0 aliphatic carbocycles. The first-order valence-corrected chi connectivity index (χ1v) is 15.0. The summed E-state index contributed by atoms with van der Waals surface area (Å²) in [7, 11) is -3.53. The Morgan fingerprint density at radius 2 is 1.62 bits per heavy atom. The van der Waals surface area contributed by atoms with E-state index in [1.54, 1.807) is 11.0 Å². The molecule has 2 aromatic rings. The number of hydrogen-bond donors (Lipinski definition) is 1. The number of unbranched alkanes of at least 4 members (excludes halogenated alkanes) is 1. The maximum atomic E-state index is 13.6. The van der Waals surface area contributed by atoms with E-state index in [1.807, 2.05) is 64.1 Å². The third kappa shape index (κ3) is 8.59. The molecule has 0 fully saturated rings. The minimum atomic E-state index is -3.53. The van der Waals surface area contributed by atoms with Crippen LogP contribution in [0.25, 0.3) is 0 Å². The summed E-state index contributed by atoms with van der Waals surface area (Å²) in [5.74, 6) is -0.304. The minimum absolute atomic E-state index is 0.140. The van der Waals surface area contributed by atoms with Crippen LogP contribution in [0.3, 0.4) is 0 Å². The maximum absolute atomic E-state index is 13.6. The Morgan fingerprint density at radius 3 is 2.24 bits per heavy atom. The molecule has 1 unspecified atom stereocenters. The Morgan fingerprint density at radius 1 is 0.946 bits per heavy atom. The number of carbonyl (C=O) groups excluding carboxylic acids is 2. The number of nitrogens with one attached hydrogen (secondary N) is 1. The van der Waals surface area contributed by atoms with E-state index in [0.717, 1.165) is 35.1 Å². The molecule has 2 rings (SSSR count). The highest BCUT2D eigenvalue weighted by Gasteiger charge is 2.29. The lowest BCUT2D eigenvalue weighted by Crippen LogP contribution is -2.49. The van der Waals surface area contributed by atoms with E-state index in [9.17, 15) is 18.0 Å². The first kappa shape index (κ1) is 30.4. The number of benzene rings is 2. The summed E-state index contributed by atoms with van der Waals surface area (Å²) in [5.41, 5.74) is 4.58. The van der Waals surface area contributed by atoms with E-state index in [2.05, 4.69) is 12.2 Å². The molecule has 2 amide bonds. The van der Waals surface area contributed by atoms with Crippen LogP contribution < -0.4 is 9.62 Å². The van der Waals surface area contributed by atoms with Gasteiger partial charge in [0.2, 0.25) is 21.8 Å². The van der Waals surface area contributed by atoms with Gasteiger partial charge in [0.1, 0.15) is 6.04 Å². The molecule has 7 nitrogen and oxygen atoms in total. The van der Waals surface area contributed by atoms with Crippen LogP contribution in [0.1, 0.15) is 68.2 Å². The summed E-state index contributed by atoms with van der Waals surface area (Å²) in [6.07, 6.45) is 4.02. The molecule has 0 bridgehead atoms. The first-order chi connectivity index (χ1) is 17.5. The number of aryl methyl sites for hydroxylation is 2. The molecule has 0 saturated carbocycles. The summed E-state index contributed by atoms with van der Waals surface area (Å²) >= 11 is 0. The normalized spacial score (nSPS) is 12.2. The molecule has 0 heterocycles. The van der Waals surface area contributed by atoms with Gasteiger partial charge in [0.25, 0.3) is 0 Å². The average Bonchev–Trinajstić information content (AvgIpc) is 2.84. The van der Waals surface area contributed by atoms with Crippen molar-refractivity contribution in [1.29, 1.82) is 0 Å². The van der Waals surface area contributed by atoms with Crippen molar-refractivity contribution >= 4 is 27.5 Å². The Kier molecular flexibility index (Phi) is 11.6. The lowest BCUT2D eigenvalue weighted by atomic mass is 10.0. The molecule has 2 aromatic carbocycles. The molecule has 0 aromatic heterocycles. The van der Waals surface area contributed by atoms with Crippen molar-refractivity contribution in [2.24, 2.45) is 0 Å². The second-order valence-electron chi connectivity index (χ2n) is 9.67. The van der Waals surface area contributed by atoms with E-state index >= 15 is 0 Å². The van der Waals surface area contributed by atoms with E-state index in [-0.39, 0.29) is 24.8 Å². The number of anilines is 1. The first-order valence-electron chi connectivity index (χ1n) is 13.2. The van der Waals surface area contributed by atoms with Crippen molar-refractivity contribution in [3.8, 4) is 0 Å². The van der Waals surface area contributed by atoms with Crippen molar-refractivity contribution < 1.29 is 18.0 Å². The number of amides is 2. The standard InChI is InChI=1S/C29H43N3O4S/c1-7-9-19-30-29(34)26(8-2)31(21-25-16-11-10-14-23(25)4)28(33)18-13-20-32(37(6,35)36)27-17-12-15-22(3)24(27)5/h10-12,14-17,26H,7-9,13,18-21H2,1-6H3,(H,30,34). The van der Waals surface area contributed by atoms with Gasteiger partial charge in [-0.05, 0) is 68.4 Å². The van der Waals surface area contributed by atoms with Crippen LogP contribution in [0.15, 0.2) is 42.5 Å². The molecule has 0 radical (unpaired) electrons. The second-order valence-corrected chi connectivity index (χ2v) is 11.6. The van der Waals surface area contributed by atoms with Crippen LogP contribution in [-0.2, 0) is 26.2 Å². The molecule has 8 heteroatoms. The molecule has 0 aliphatic heterocycles. The van der Waals surface area contributed by atoms with Gasteiger partial charge in [0.05, 0.1) is 11.9 Å². The summed E-state index contributed by atoms with van der Waals surface area (Å²) in [5, 5.41) is 2.98. The Hall–Kier alpha value is -2.87. The number of sulfonamides is 1. The van der Waals surface area contributed by atoms with Gasteiger partial charge in [-0.15, -0.1) is 0 Å². The molecule has 0 spiro atoms. The number of nitrogens with zero attached hydrogens (tertiary/aromatic N) is 2. The van der Waals surface area contributed by atoms with Crippen LogP contribution >= 0.6 is 0 Å². The van der Waals surface area contributed by atoms with Gasteiger partial charge in [-0.3, -0.25) is 13.9 Å². The Bertz CT molecular complexity index is 1160. The molecule has 0 saturated heterocycles. The topological polar surface area (TPSA) is 86.8 Å². The van der Waals surface area contributed by atoms with Gasteiger partial charge < -0.3 is 10.2 Å². The average molecular weight is 530 g/mol. The summed E-state index contributed by atoms with van der Waals surface area (Å²) in [6.45, 7) is 10.9. The van der Waals surface area contributed by atoms with Crippen LogP contribution in [0.2, 0.25) is 0 Å². The zero-order valence-electron chi connectivity index (χ0n) is 23.2. The fourth-order valence-electron chi connectivity index (χ4n) is 4.38. The van der Waals surface area contributed by atoms with Crippen molar-refractivity contribution in [3.05, 3.63) is 64.7 Å². The van der Waals surface area contributed by atoms with Crippen molar-refractivity contribution in [2.75, 3.05) is 23.7 Å². The molecular formula is C29H43N3O4S. The zero-order valence-corrected chi connectivity index (χ0v) is 24.0. The lowest BCUT2D eigenvalue weighted by Gasteiger charge is -2.31. The van der Waals surface area contributed by atoms with Gasteiger partial charge in [0, 0.05) is 26.1 Å². The van der Waals surface area contributed by atoms with Crippen LogP contribution in [0, 0.1) is 20.8 Å². The van der Waals surface area contributed by atoms with Gasteiger partial charge in [-0.25, -0.2) is 8.42 Å². The third-order valence-corrected chi connectivity index (χ3v) is 7.99. The second kappa shape index (κ2) is 14.2. The Balaban J connectivity index is 2.24. The predicted octanol–water partition coefficient (Wildman–Crippen LogP) is 4.88. The van der Waals surface area contributed by atoms with Gasteiger partial charge in [-0.2, -0.15) is 0 Å². The monoisotopic (exact) mass is 529 g/mol. The molecule has 0 aliphatic rings. The molecular weight excluding hydrogens is 486 g/mol. The van der Waals surface area contributed by atoms with Gasteiger partial charge >= 0.3 is 0 Å². The fraction of sp³-hybridized carbons (Fsp3) is 0.517. The SMILES string of the molecule is CCCCNC(=O)C(CC)N(Cc1ccccc1C)C(=O)CCCN(c1cccc(C)c1C)S(C)(=O)=O. The highest BCUT2D eigenvalue weighted by molar-refractivity contribution is 7.92. The van der Waals surface area contributed by atoms with Gasteiger partial charge in [0.15, 0.2) is 0 Å². The highest BCUT2D eigenvalue weighted by Crippen LogP contribution is 2.25. The van der Waals surface area contributed by atoms with E-state index in [4.69, 9.17) is 0 Å². The quantitative estimate of drug-likeness (QED) is 0.353. The summed E-state index contributed by atoms with van der Waals surface area (Å²) in [4.78, 5) is 28.3. The maximum Gasteiger partial charge on any atom is 0.242 e. The molecule has 1 atom stereocenters. The van der Waals surface area contributed by atoms with Crippen LogP contribution in [0.4, 0.5) is 5.69 Å². The number of rotatable bonds is 14. The smallest absolute Gasteiger partial charge is 0.242 e.